The Hall–Kier alpha value is -2.79. The minimum absolute atomic E-state index is 0.273. The fourth-order valence-electron chi connectivity index (χ4n) is 4.75. The van der Waals surface area contributed by atoms with Crippen molar-refractivity contribution in [1.82, 2.24) is 9.47 Å². The molecule has 5 nitrogen and oxygen atoms in total. The molecule has 0 N–H and O–H groups in total. The van der Waals surface area contributed by atoms with Crippen LogP contribution in [-0.2, 0) is 11.3 Å². The molecule has 0 aliphatic carbocycles. The minimum Gasteiger partial charge on any atom is -0.494 e. The molecule has 0 bridgehead atoms. The highest BCUT2D eigenvalue weighted by Crippen LogP contribution is 2.31. The Bertz CT molecular complexity index is 1080. The smallest absolute Gasteiger partial charge is 0.340 e. The first-order valence-corrected chi connectivity index (χ1v) is 12.3. The molecule has 0 amide bonds. The van der Waals surface area contributed by atoms with E-state index in [4.69, 9.17) is 9.47 Å². The standard InChI is InChI=1S/C28H36N2O3/c1-4-32-28(31)27-22(3)30(20-23-11-9-21(2)10-12-23)26-14-13-24(19-25(26)27)33-18-8-17-29-15-6-5-7-16-29/h9-14,19H,4-8,15-18,20H2,1-3H3. The minimum atomic E-state index is -0.273. The highest BCUT2D eigenvalue weighted by atomic mass is 16.5. The van der Waals surface area contributed by atoms with Crippen LogP contribution in [0.3, 0.4) is 0 Å². The molecule has 0 atom stereocenters. The molecule has 1 fully saturated rings. The summed E-state index contributed by atoms with van der Waals surface area (Å²) >= 11 is 0. The number of rotatable bonds is 9. The summed E-state index contributed by atoms with van der Waals surface area (Å²) in [6.07, 6.45) is 5.00. The number of piperidine rings is 1. The fraction of sp³-hybridized carbons (Fsp3) is 0.464. The summed E-state index contributed by atoms with van der Waals surface area (Å²) in [5, 5.41) is 0.895. The fourth-order valence-corrected chi connectivity index (χ4v) is 4.75. The monoisotopic (exact) mass is 448 g/mol. The van der Waals surface area contributed by atoms with Crippen LogP contribution in [0.25, 0.3) is 10.9 Å². The molecule has 1 aliphatic rings. The van der Waals surface area contributed by atoms with Gasteiger partial charge in [0.05, 0.1) is 18.8 Å². The zero-order chi connectivity index (χ0) is 23.2. The van der Waals surface area contributed by atoms with E-state index in [0.717, 1.165) is 35.3 Å². The van der Waals surface area contributed by atoms with Crippen molar-refractivity contribution in [1.29, 1.82) is 0 Å². The number of hydrogen-bond acceptors (Lipinski definition) is 4. The van der Waals surface area contributed by atoms with Gasteiger partial charge in [-0.3, -0.25) is 0 Å². The lowest BCUT2D eigenvalue weighted by atomic mass is 10.1. The van der Waals surface area contributed by atoms with Gasteiger partial charge in [-0.1, -0.05) is 36.2 Å². The maximum Gasteiger partial charge on any atom is 0.340 e. The molecule has 176 valence electrons. The van der Waals surface area contributed by atoms with Crippen LogP contribution in [0.2, 0.25) is 0 Å². The van der Waals surface area contributed by atoms with Crippen LogP contribution in [-0.4, -0.2) is 48.3 Å². The summed E-state index contributed by atoms with van der Waals surface area (Å²) in [4.78, 5) is 15.4. The molecule has 1 saturated heterocycles. The second kappa shape index (κ2) is 10.9. The third-order valence-electron chi connectivity index (χ3n) is 6.57. The second-order valence-electron chi connectivity index (χ2n) is 9.04. The summed E-state index contributed by atoms with van der Waals surface area (Å²) in [5.74, 6) is 0.532. The first kappa shape index (κ1) is 23.4. The van der Waals surface area contributed by atoms with E-state index < -0.39 is 0 Å². The van der Waals surface area contributed by atoms with E-state index in [1.807, 2.05) is 26.0 Å². The summed E-state index contributed by atoms with van der Waals surface area (Å²) < 4.78 is 13.7. The lowest BCUT2D eigenvalue weighted by molar-refractivity contribution is 0.0527. The third kappa shape index (κ3) is 5.59. The predicted molar refractivity (Wildman–Crippen MR) is 133 cm³/mol. The van der Waals surface area contributed by atoms with Gasteiger partial charge in [-0.15, -0.1) is 0 Å². The average Bonchev–Trinajstić information content (AvgIpc) is 3.09. The van der Waals surface area contributed by atoms with Gasteiger partial charge in [0.1, 0.15) is 5.75 Å². The molecule has 2 aromatic carbocycles. The van der Waals surface area contributed by atoms with Gasteiger partial charge in [0.15, 0.2) is 0 Å². The van der Waals surface area contributed by atoms with Crippen molar-refractivity contribution in [3.63, 3.8) is 0 Å². The van der Waals surface area contributed by atoms with E-state index in [0.29, 0.717) is 25.3 Å². The van der Waals surface area contributed by atoms with E-state index in [2.05, 4.69) is 46.7 Å². The summed E-state index contributed by atoms with van der Waals surface area (Å²) in [7, 11) is 0. The van der Waals surface area contributed by atoms with Crippen molar-refractivity contribution in [3.05, 3.63) is 64.8 Å². The van der Waals surface area contributed by atoms with Gasteiger partial charge in [-0.2, -0.15) is 0 Å². The molecule has 0 spiro atoms. The molecule has 4 rings (SSSR count). The average molecular weight is 449 g/mol. The number of aryl methyl sites for hydroxylation is 1. The van der Waals surface area contributed by atoms with E-state index in [1.54, 1.807) is 0 Å². The molecule has 0 unspecified atom stereocenters. The molecule has 2 heterocycles. The number of carbonyl (C=O) groups excluding carboxylic acids is 1. The number of hydrogen-bond donors (Lipinski definition) is 0. The lowest BCUT2D eigenvalue weighted by Crippen LogP contribution is -2.31. The molecular weight excluding hydrogens is 412 g/mol. The number of nitrogens with zero attached hydrogens (tertiary/aromatic N) is 2. The molecule has 3 aromatic rings. The normalized spacial score (nSPS) is 14.5. The van der Waals surface area contributed by atoms with Gasteiger partial charge in [-0.05, 0) is 76.9 Å². The summed E-state index contributed by atoms with van der Waals surface area (Å²) in [5.41, 5.74) is 5.02. The van der Waals surface area contributed by atoms with E-state index >= 15 is 0 Å². The number of fused-ring (bicyclic) bond motifs is 1. The van der Waals surface area contributed by atoms with Gasteiger partial charge in [0.2, 0.25) is 0 Å². The second-order valence-corrected chi connectivity index (χ2v) is 9.04. The van der Waals surface area contributed by atoms with Crippen molar-refractivity contribution in [2.45, 2.75) is 53.0 Å². The highest BCUT2D eigenvalue weighted by molar-refractivity contribution is 6.06. The molecule has 33 heavy (non-hydrogen) atoms. The van der Waals surface area contributed by atoms with Gasteiger partial charge < -0.3 is 18.9 Å². The molecule has 0 radical (unpaired) electrons. The zero-order valence-electron chi connectivity index (χ0n) is 20.2. The summed E-state index contributed by atoms with van der Waals surface area (Å²) in [6, 6.07) is 14.6. The van der Waals surface area contributed by atoms with E-state index in [9.17, 15) is 4.79 Å². The number of benzene rings is 2. The van der Waals surface area contributed by atoms with E-state index in [-0.39, 0.29) is 5.97 Å². The Labute approximate surface area is 197 Å². The van der Waals surface area contributed by atoms with Crippen molar-refractivity contribution in [3.8, 4) is 5.75 Å². The van der Waals surface area contributed by atoms with Crippen molar-refractivity contribution < 1.29 is 14.3 Å². The molecular formula is C28H36N2O3. The highest BCUT2D eigenvalue weighted by Gasteiger charge is 2.22. The third-order valence-corrected chi connectivity index (χ3v) is 6.57. The van der Waals surface area contributed by atoms with Crippen molar-refractivity contribution in [2.24, 2.45) is 0 Å². The van der Waals surface area contributed by atoms with Crippen LogP contribution in [0.15, 0.2) is 42.5 Å². The maximum atomic E-state index is 12.9. The van der Waals surface area contributed by atoms with Crippen LogP contribution >= 0.6 is 0 Å². The first-order chi connectivity index (χ1) is 16.1. The topological polar surface area (TPSA) is 43.7 Å². The maximum absolute atomic E-state index is 12.9. The van der Waals surface area contributed by atoms with Gasteiger partial charge >= 0.3 is 5.97 Å². The number of likely N-dealkylation sites (tertiary alicyclic amines) is 1. The Morgan fingerprint density at radius 1 is 1.00 bits per heavy atom. The van der Waals surface area contributed by atoms with Crippen molar-refractivity contribution in [2.75, 3.05) is 32.8 Å². The SMILES string of the molecule is CCOC(=O)c1c(C)n(Cc2ccc(C)cc2)c2ccc(OCCCN3CCCCC3)cc12. The number of aromatic nitrogens is 1. The Kier molecular flexibility index (Phi) is 7.71. The summed E-state index contributed by atoms with van der Waals surface area (Å²) in [6.45, 7) is 11.2. The van der Waals surface area contributed by atoms with Gasteiger partial charge in [-0.25, -0.2) is 4.79 Å². The van der Waals surface area contributed by atoms with Gasteiger partial charge in [0.25, 0.3) is 0 Å². The Morgan fingerprint density at radius 3 is 2.48 bits per heavy atom. The first-order valence-electron chi connectivity index (χ1n) is 12.3. The lowest BCUT2D eigenvalue weighted by Gasteiger charge is -2.26. The van der Waals surface area contributed by atoms with Gasteiger partial charge in [0, 0.05) is 29.7 Å². The molecule has 1 aliphatic heterocycles. The number of esters is 1. The number of ether oxygens (including phenoxy) is 2. The number of carbonyl (C=O) groups is 1. The zero-order valence-corrected chi connectivity index (χ0v) is 20.2. The molecule has 1 aromatic heterocycles. The van der Waals surface area contributed by atoms with Crippen LogP contribution in [0, 0.1) is 13.8 Å². The Morgan fingerprint density at radius 2 is 1.76 bits per heavy atom. The largest absolute Gasteiger partial charge is 0.494 e. The van der Waals surface area contributed by atoms with Crippen LogP contribution in [0.5, 0.6) is 5.75 Å². The quantitative estimate of drug-likeness (QED) is 0.309. The van der Waals surface area contributed by atoms with Crippen LogP contribution < -0.4 is 4.74 Å². The predicted octanol–water partition coefficient (Wildman–Crippen LogP) is 5.74. The van der Waals surface area contributed by atoms with Crippen LogP contribution in [0.1, 0.15) is 59.8 Å². The Balaban J connectivity index is 1.55. The van der Waals surface area contributed by atoms with E-state index in [1.165, 1.54) is 43.5 Å². The van der Waals surface area contributed by atoms with Crippen molar-refractivity contribution >= 4 is 16.9 Å². The van der Waals surface area contributed by atoms with Crippen LogP contribution in [0.4, 0.5) is 0 Å². The molecule has 5 heteroatoms. The molecule has 0 saturated carbocycles.